The van der Waals surface area contributed by atoms with E-state index in [1.807, 2.05) is 0 Å². The average molecular weight is 375 g/mol. The number of rotatable bonds is 10. The molecule has 0 aromatic carbocycles. The summed E-state index contributed by atoms with van der Waals surface area (Å²) in [4.78, 5) is 2.43. The molecule has 2 N–H and O–H groups in total. The Morgan fingerprint density at radius 3 is 2.52 bits per heavy atom. The molecule has 0 aromatic rings. The lowest BCUT2D eigenvalue weighted by atomic mass is 9.95. The minimum atomic E-state index is 0.228. The zero-order valence-corrected chi connectivity index (χ0v) is 17.9. The predicted molar refractivity (Wildman–Crippen MR) is 117 cm³/mol. The van der Waals surface area contributed by atoms with E-state index < -0.39 is 0 Å². The molecule has 0 aromatic heterocycles. The van der Waals surface area contributed by atoms with Gasteiger partial charge in [-0.05, 0) is 64.2 Å². The highest BCUT2D eigenvalue weighted by molar-refractivity contribution is 5.04. The van der Waals surface area contributed by atoms with E-state index >= 15 is 0 Å². The zero-order chi connectivity index (χ0) is 19.6. The lowest BCUT2D eigenvalue weighted by molar-refractivity contribution is -0.0367. The summed E-state index contributed by atoms with van der Waals surface area (Å²) in [5, 5.41) is 0. The first-order valence-corrected chi connectivity index (χ1v) is 11.2. The lowest BCUT2D eigenvalue weighted by Crippen LogP contribution is -2.37. The van der Waals surface area contributed by atoms with Crippen LogP contribution in [0.3, 0.4) is 0 Å². The van der Waals surface area contributed by atoms with Crippen molar-refractivity contribution < 1.29 is 4.74 Å². The molecule has 2 rings (SSSR count). The van der Waals surface area contributed by atoms with Crippen molar-refractivity contribution in [3.05, 3.63) is 36.6 Å². The monoisotopic (exact) mass is 374 g/mol. The van der Waals surface area contributed by atoms with Crippen LogP contribution in [0.1, 0.15) is 72.1 Å². The molecule has 2 aliphatic rings. The van der Waals surface area contributed by atoms with E-state index in [2.05, 4.69) is 56.6 Å². The Morgan fingerprint density at radius 1 is 1.15 bits per heavy atom. The molecule has 1 saturated heterocycles. The van der Waals surface area contributed by atoms with Crippen LogP contribution in [-0.4, -0.2) is 36.2 Å². The number of hydrogen-bond donors (Lipinski definition) is 1. The molecule has 0 bridgehead atoms. The number of nitrogens with two attached hydrogens (primary N) is 1. The normalized spacial score (nSPS) is 26.9. The summed E-state index contributed by atoms with van der Waals surface area (Å²) in [6, 6.07) is 0.228. The zero-order valence-electron chi connectivity index (χ0n) is 17.9. The minimum absolute atomic E-state index is 0.228. The van der Waals surface area contributed by atoms with Crippen molar-refractivity contribution in [2.45, 2.75) is 90.4 Å². The van der Waals surface area contributed by atoms with E-state index in [1.54, 1.807) is 0 Å². The summed E-state index contributed by atoms with van der Waals surface area (Å²) in [5.41, 5.74) is 7.51. The number of likely N-dealkylation sites (tertiary alicyclic amines) is 1. The number of allylic oxidation sites excluding steroid dienone is 3. The van der Waals surface area contributed by atoms with E-state index in [0.29, 0.717) is 18.1 Å². The third kappa shape index (κ3) is 7.12. The quantitative estimate of drug-likeness (QED) is 0.518. The van der Waals surface area contributed by atoms with E-state index in [-0.39, 0.29) is 6.04 Å². The van der Waals surface area contributed by atoms with E-state index in [4.69, 9.17) is 10.5 Å². The van der Waals surface area contributed by atoms with Crippen molar-refractivity contribution in [2.75, 3.05) is 13.1 Å². The van der Waals surface area contributed by atoms with Crippen LogP contribution in [0.25, 0.3) is 0 Å². The molecule has 0 spiro atoms. The SMILES string of the molecule is C=C(CC)N1CCC(OC2CCC(C/C=C\C(/C=C\C)C(N)CC)C2)CC1. The second-order valence-electron chi connectivity index (χ2n) is 8.38. The van der Waals surface area contributed by atoms with Crippen molar-refractivity contribution in [3.8, 4) is 0 Å². The van der Waals surface area contributed by atoms with E-state index in [0.717, 1.165) is 44.7 Å². The second-order valence-corrected chi connectivity index (χ2v) is 8.38. The summed E-state index contributed by atoms with van der Waals surface area (Å²) in [6.07, 6.45) is 19.2. The molecule has 4 unspecified atom stereocenters. The fourth-order valence-electron chi connectivity index (χ4n) is 4.44. The van der Waals surface area contributed by atoms with Gasteiger partial charge in [-0.15, -0.1) is 0 Å². The highest BCUT2D eigenvalue weighted by Crippen LogP contribution is 2.33. The van der Waals surface area contributed by atoms with Crippen LogP contribution in [0.4, 0.5) is 0 Å². The summed E-state index contributed by atoms with van der Waals surface area (Å²) < 4.78 is 6.45. The van der Waals surface area contributed by atoms with Gasteiger partial charge in [-0.2, -0.15) is 0 Å². The molecule has 0 amide bonds. The van der Waals surface area contributed by atoms with Crippen molar-refractivity contribution in [1.29, 1.82) is 0 Å². The molecule has 1 aliphatic carbocycles. The van der Waals surface area contributed by atoms with Gasteiger partial charge in [-0.25, -0.2) is 0 Å². The van der Waals surface area contributed by atoms with E-state index in [1.165, 1.54) is 31.4 Å². The van der Waals surface area contributed by atoms with Crippen LogP contribution in [0, 0.1) is 11.8 Å². The summed E-state index contributed by atoms with van der Waals surface area (Å²) >= 11 is 0. The number of ether oxygens (including phenoxy) is 1. The Balaban J connectivity index is 1.69. The third-order valence-corrected chi connectivity index (χ3v) is 6.38. The summed E-state index contributed by atoms with van der Waals surface area (Å²) in [5.74, 6) is 1.15. The van der Waals surface area contributed by atoms with Crippen molar-refractivity contribution in [1.82, 2.24) is 4.90 Å². The van der Waals surface area contributed by atoms with Gasteiger partial charge in [0.15, 0.2) is 0 Å². The number of hydrogen-bond acceptors (Lipinski definition) is 3. The van der Waals surface area contributed by atoms with Crippen molar-refractivity contribution in [2.24, 2.45) is 17.6 Å². The van der Waals surface area contributed by atoms with Gasteiger partial charge < -0.3 is 15.4 Å². The Kier molecular flexibility index (Phi) is 9.64. The number of piperidine rings is 1. The highest BCUT2D eigenvalue weighted by Gasteiger charge is 2.28. The Morgan fingerprint density at radius 2 is 1.89 bits per heavy atom. The van der Waals surface area contributed by atoms with Crippen LogP contribution >= 0.6 is 0 Å². The fraction of sp³-hybridized carbons (Fsp3) is 0.750. The van der Waals surface area contributed by atoms with Crippen LogP contribution in [0.15, 0.2) is 36.6 Å². The first kappa shape index (κ1) is 22.2. The molecule has 3 nitrogen and oxygen atoms in total. The summed E-state index contributed by atoms with van der Waals surface area (Å²) in [6.45, 7) is 12.8. The first-order chi connectivity index (χ1) is 13.1. The largest absolute Gasteiger partial charge is 0.375 e. The molecule has 27 heavy (non-hydrogen) atoms. The molecule has 154 valence electrons. The van der Waals surface area contributed by atoms with Gasteiger partial charge in [0.1, 0.15) is 0 Å². The molecule has 1 aliphatic heterocycles. The van der Waals surface area contributed by atoms with Crippen LogP contribution < -0.4 is 5.73 Å². The Labute approximate surface area is 167 Å². The minimum Gasteiger partial charge on any atom is -0.375 e. The number of nitrogens with zero attached hydrogens (tertiary/aromatic N) is 1. The molecule has 3 heteroatoms. The molecular weight excluding hydrogens is 332 g/mol. The van der Waals surface area contributed by atoms with Gasteiger partial charge in [0.2, 0.25) is 0 Å². The van der Waals surface area contributed by atoms with Gasteiger partial charge >= 0.3 is 0 Å². The van der Waals surface area contributed by atoms with E-state index in [9.17, 15) is 0 Å². The maximum Gasteiger partial charge on any atom is 0.0612 e. The van der Waals surface area contributed by atoms with Gasteiger partial charge in [-0.1, -0.05) is 44.7 Å². The van der Waals surface area contributed by atoms with Gasteiger partial charge in [0.05, 0.1) is 12.2 Å². The Bertz CT molecular complexity index is 491. The second kappa shape index (κ2) is 11.7. The van der Waals surface area contributed by atoms with Crippen molar-refractivity contribution in [3.63, 3.8) is 0 Å². The van der Waals surface area contributed by atoms with Gasteiger partial charge in [0.25, 0.3) is 0 Å². The molecule has 0 radical (unpaired) electrons. The first-order valence-electron chi connectivity index (χ1n) is 11.2. The maximum absolute atomic E-state index is 6.45. The molecule has 4 atom stereocenters. The smallest absolute Gasteiger partial charge is 0.0612 e. The topological polar surface area (TPSA) is 38.5 Å². The Hall–Kier alpha value is -1.06. The van der Waals surface area contributed by atoms with Gasteiger partial charge in [-0.3, -0.25) is 0 Å². The fourth-order valence-corrected chi connectivity index (χ4v) is 4.44. The van der Waals surface area contributed by atoms with Crippen molar-refractivity contribution >= 4 is 0 Å². The lowest BCUT2D eigenvalue weighted by Gasteiger charge is -2.35. The predicted octanol–water partition coefficient (Wildman–Crippen LogP) is 5.44. The van der Waals surface area contributed by atoms with Crippen LogP contribution in [0.5, 0.6) is 0 Å². The van der Waals surface area contributed by atoms with Crippen LogP contribution in [-0.2, 0) is 4.74 Å². The van der Waals surface area contributed by atoms with Gasteiger partial charge in [0, 0.05) is 30.7 Å². The molecule has 1 heterocycles. The maximum atomic E-state index is 6.45. The average Bonchev–Trinajstić information content (AvgIpc) is 3.13. The third-order valence-electron chi connectivity index (χ3n) is 6.38. The molecule has 2 fully saturated rings. The summed E-state index contributed by atoms with van der Waals surface area (Å²) in [7, 11) is 0. The molecular formula is C24H42N2O. The standard InChI is InChI=1S/C24H42N2O/c1-5-9-21(24(25)7-3)11-8-10-20-12-13-23(18-20)27-22-14-16-26(17-15-22)19(4)6-2/h5,8-9,11,20-24H,4,6-7,10,12-18,25H2,1-3H3/b9-5-,11-8-. The highest BCUT2D eigenvalue weighted by atomic mass is 16.5. The molecule has 1 saturated carbocycles. The van der Waals surface area contributed by atoms with Crippen LogP contribution in [0.2, 0.25) is 0 Å².